The molecule has 45 heavy (non-hydrogen) atoms. The Morgan fingerprint density at radius 3 is 2.40 bits per heavy atom. The van der Waals surface area contributed by atoms with E-state index in [2.05, 4.69) is 20.8 Å². The number of hydrogen-bond donors (Lipinski definition) is 0. The van der Waals surface area contributed by atoms with Crippen molar-refractivity contribution in [2.45, 2.75) is 81.3 Å². The predicted molar refractivity (Wildman–Crippen MR) is 165 cm³/mol. The lowest BCUT2D eigenvalue weighted by Crippen LogP contribution is -2.69. The summed E-state index contributed by atoms with van der Waals surface area (Å²) in [4.78, 5) is 27.0. The molecule has 9 atom stereocenters. The minimum absolute atomic E-state index is 0.0611. The Morgan fingerprint density at radius 2 is 1.71 bits per heavy atom. The number of esters is 2. The first kappa shape index (κ1) is 28.3. The van der Waals surface area contributed by atoms with E-state index in [1.807, 2.05) is 42.7 Å². The second kappa shape index (κ2) is 9.32. The maximum Gasteiger partial charge on any atom is 0.343 e. The van der Waals surface area contributed by atoms with Crippen LogP contribution in [0.5, 0.6) is 0 Å². The standard InChI is InChI=1S/C36H36O8S/c1-19(2)34-28(43-34)29-36(44-29)33(3)16-15-22-25(23(33)17-24-35(36,42-24)32(34)39-18-45-4)27(41-31(22)38)26(20-11-7-5-8-12-20)40-30(37)21-13-9-6-10-14-21/h5-14,19,23-24,28-29,32H,15-18H2,1-4H3/b27-26+/t23-,24-,28-,29-,32+,33-,34-,35+,36+/m0/s1. The summed E-state index contributed by atoms with van der Waals surface area (Å²) in [5, 5.41) is 0. The number of carbonyl (C=O) groups is 2. The van der Waals surface area contributed by atoms with Crippen molar-refractivity contribution < 1.29 is 38.0 Å². The van der Waals surface area contributed by atoms with Crippen molar-refractivity contribution in [1.82, 2.24) is 0 Å². The van der Waals surface area contributed by atoms with Gasteiger partial charge in [0.1, 0.15) is 29.5 Å². The van der Waals surface area contributed by atoms with E-state index >= 15 is 0 Å². The average molecular weight is 629 g/mol. The molecule has 0 amide bonds. The second-order valence-corrected chi connectivity index (χ2v) is 14.8. The van der Waals surface area contributed by atoms with E-state index in [9.17, 15) is 9.59 Å². The molecule has 0 N–H and O–H groups in total. The van der Waals surface area contributed by atoms with Crippen LogP contribution in [0.3, 0.4) is 0 Å². The largest absolute Gasteiger partial charge is 0.419 e. The van der Waals surface area contributed by atoms with Gasteiger partial charge >= 0.3 is 11.9 Å². The van der Waals surface area contributed by atoms with E-state index < -0.39 is 28.2 Å². The molecule has 0 bridgehead atoms. The Labute approximate surface area is 266 Å². The molecule has 2 aromatic rings. The smallest absolute Gasteiger partial charge is 0.343 e. The van der Waals surface area contributed by atoms with Gasteiger partial charge in [-0.05, 0) is 49.5 Å². The van der Waals surface area contributed by atoms with Crippen molar-refractivity contribution in [3.63, 3.8) is 0 Å². The monoisotopic (exact) mass is 628 g/mol. The first-order valence-electron chi connectivity index (χ1n) is 15.9. The zero-order valence-corrected chi connectivity index (χ0v) is 26.6. The van der Waals surface area contributed by atoms with Gasteiger partial charge in [-0.25, -0.2) is 9.59 Å². The average Bonchev–Trinajstić information content (AvgIpc) is 3.97. The molecular weight excluding hydrogens is 592 g/mol. The van der Waals surface area contributed by atoms with E-state index in [4.69, 9.17) is 28.4 Å². The molecule has 0 unspecified atom stereocenters. The van der Waals surface area contributed by atoms with E-state index in [0.29, 0.717) is 41.2 Å². The lowest BCUT2D eigenvalue weighted by Gasteiger charge is -2.54. The molecule has 0 radical (unpaired) electrons. The number of cyclic esters (lactones) is 1. The number of allylic oxidation sites excluding steroid dienone is 1. The first-order valence-corrected chi connectivity index (χ1v) is 17.3. The highest BCUT2D eigenvalue weighted by Crippen LogP contribution is 2.83. The van der Waals surface area contributed by atoms with Gasteiger partial charge in [0.05, 0.1) is 17.6 Å². The van der Waals surface area contributed by atoms with Crippen LogP contribution in [-0.2, 0) is 33.2 Å². The molecule has 234 valence electrons. The maximum atomic E-state index is 13.5. The summed E-state index contributed by atoms with van der Waals surface area (Å²) in [5.74, 6) is 0.360. The third-order valence-electron chi connectivity index (χ3n) is 11.8. The van der Waals surface area contributed by atoms with Gasteiger partial charge in [-0.3, -0.25) is 0 Å². The Bertz CT molecular complexity index is 1690. The van der Waals surface area contributed by atoms with Gasteiger partial charge in [-0.1, -0.05) is 69.3 Å². The fourth-order valence-electron chi connectivity index (χ4n) is 9.72. The van der Waals surface area contributed by atoms with Crippen LogP contribution in [0.15, 0.2) is 77.6 Å². The van der Waals surface area contributed by atoms with Crippen LogP contribution < -0.4 is 0 Å². The van der Waals surface area contributed by atoms with Gasteiger partial charge in [-0.15, -0.1) is 11.8 Å². The summed E-state index contributed by atoms with van der Waals surface area (Å²) < 4.78 is 39.3. The van der Waals surface area contributed by atoms with Crippen LogP contribution in [0.25, 0.3) is 5.76 Å². The van der Waals surface area contributed by atoms with Gasteiger partial charge in [-0.2, -0.15) is 0 Å². The Hall–Kier alpha value is -2.95. The Kier molecular flexibility index (Phi) is 5.86. The predicted octanol–water partition coefficient (Wildman–Crippen LogP) is 5.67. The molecule has 3 saturated heterocycles. The van der Waals surface area contributed by atoms with Crippen molar-refractivity contribution in [1.29, 1.82) is 0 Å². The van der Waals surface area contributed by atoms with E-state index in [1.54, 1.807) is 36.0 Å². The highest BCUT2D eigenvalue weighted by atomic mass is 32.2. The summed E-state index contributed by atoms with van der Waals surface area (Å²) in [5.41, 5.74) is 0.502. The van der Waals surface area contributed by atoms with Crippen LogP contribution in [-0.4, -0.2) is 65.4 Å². The number of epoxide rings is 3. The Balaban J connectivity index is 1.16. The third-order valence-corrected chi connectivity index (χ3v) is 12.2. The van der Waals surface area contributed by atoms with Crippen LogP contribution in [0, 0.1) is 17.3 Å². The fourth-order valence-corrected chi connectivity index (χ4v) is 9.99. The van der Waals surface area contributed by atoms with E-state index in [-0.39, 0.29) is 48.0 Å². The van der Waals surface area contributed by atoms with Crippen LogP contribution in [0.1, 0.15) is 56.0 Å². The molecule has 4 heterocycles. The number of thioether (sulfide) groups is 1. The van der Waals surface area contributed by atoms with Gasteiger partial charge in [0.25, 0.3) is 0 Å². The van der Waals surface area contributed by atoms with Gasteiger partial charge in [0.2, 0.25) is 0 Å². The molecule has 7 aliphatic rings. The molecule has 9 rings (SSSR count). The minimum Gasteiger partial charge on any atom is -0.419 e. The SMILES string of the molecule is CSCO[C@@H]1[C@@]2(C(C)C)O[C@H]2[C@@H]2O[C@]23[C@]12O[C@H]2C[C@H]1C2=C(CC[C@@]13C)C(=O)O/C2=C(/OC(=O)c1ccccc1)c1ccccc1. The molecule has 0 aromatic heterocycles. The van der Waals surface area contributed by atoms with Crippen molar-refractivity contribution in [2.24, 2.45) is 17.3 Å². The summed E-state index contributed by atoms with van der Waals surface area (Å²) in [7, 11) is 0. The quantitative estimate of drug-likeness (QED) is 0.166. The molecule has 2 spiro atoms. The summed E-state index contributed by atoms with van der Waals surface area (Å²) in [6, 6.07) is 18.3. The fraction of sp³-hybridized carbons (Fsp3) is 0.500. The lowest BCUT2D eigenvalue weighted by atomic mass is 9.46. The molecular formula is C36H36O8S. The lowest BCUT2D eigenvalue weighted by molar-refractivity contribution is -0.133. The summed E-state index contributed by atoms with van der Waals surface area (Å²) in [6.07, 6.45) is 3.46. The topological polar surface area (TPSA) is 99.4 Å². The van der Waals surface area contributed by atoms with Crippen LogP contribution in [0.4, 0.5) is 0 Å². The van der Waals surface area contributed by atoms with Crippen molar-refractivity contribution in [2.75, 3.05) is 12.2 Å². The van der Waals surface area contributed by atoms with Gasteiger partial charge in [0, 0.05) is 22.1 Å². The number of hydrogen-bond acceptors (Lipinski definition) is 9. The molecule has 2 saturated carbocycles. The first-order chi connectivity index (χ1) is 21.7. The van der Waals surface area contributed by atoms with E-state index in [1.165, 1.54) is 0 Å². The molecule has 4 aliphatic heterocycles. The zero-order valence-electron chi connectivity index (χ0n) is 25.7. The number of fused-ring (bicyclic) bond motifs is 4. The molecule has 9 heteroatoms. The Morgan fingerprint density at radius 1 is 1.00 bits per heavy atom. The van der Waals surface area contributed by atoms with Crippen molar-refractivity contribution in [3.8, 4) is 0 Å². The number of benzene rings is 2. The van der Waals surface area contributed by atoms with Crippen LogP contribution >= 0.6 is 11.8 Å². The van der Waals surface area contributed by atoms with Gasteiger partial charge in [0.15, 0.2) is 17.1 Å². The number of rotatable bonds is 7. The van der Waals surface area contributed by atoms with E-state index in [0.717, 1.165) is 12.0 Å². The van der Waals surface area contributed by atoms with Crippen LogP contribution in [0.2, 0.25) is 0 Å². The minimum atomic E-state index is -0.612. The number of carbonyl (C=O) groups excluding carboxylic acids is 2. The molecule has 3 aliphatic carbocycles. The zero-order chi connectivity index (χ0) is 30.9. The molecule has 8 nitrogen and oxygen atoms in total. The highest BCUT2D eigenvalue weighted by Gasteiger charge is 3.00. The highest BCUT2D eigenvalue weighted by molar-refractivity contribution is 7.98. The van der Waals surface area contributed by atoms with Crippen molar-refractivity contribution in [3.05, 3.63) is 88.7 Å². The summed E-state index contributed by atoms with van der Waals surface area (Å²) in [6.45, 7) is 6.69. The third kappa shape index (κ3) is 3.38. The normalized spacial score (nSPS) is 42.3. The second-order valence-electron chi connectivity index (χ2n) is 13.9. The molecule has 2 aromatic carbocycles. The summed E-state index contributed by atoms with van der Waals surface area (Å²) >= 11 is 1.65. The maximum absolute atomic E-state index is 13.5. The number of ether oxygens (including phenoxy) is 6. The van der Waals surface area contributed by atoms with Crippen molar-refractivity contribution >= 4 is 29.5 Å². The molecule has 5 fully saturated rings. The van der Waals surface area contributed by atoms with Gasteiger partial charge < -0.3 is 28.4 Å².